The second kappa shape index (κ2) is 6.47. The fourth-order valence-corrected chi connectivity index (χ4v) is 2.18. The summed E-state index contributed by atoms with van der Waals surface area (Å²) in [5, 5.41) is 2.41. The number of amides is 2. The third-order valence-electron chi connectivity index (χ3n) is 3.50. The monoisotopic (exact) mass is 242 g/mol. The van der Waals surface area contributed by atoms with Crippen LogP contribution in [0.1, 0.15) is 32.6 Å². The molecule has 1 saturated carbocycles. The standard InChI is InChI=1S/C12H22N2O3/c1-9-4-6-10(7-5-9)14(2)11(15)8-13-12(16)17-3/h9-10H,4-8H2,1-3H3,(H,13,16). The molecule has 1 aliphatic rings. The molecule has 1 rings (SSSR count). The van der Waals surface area contributed by atoms with Crippen molar-refractivity contribution in [3.8, 4) is 0 Å². The molecule has 98 valence electrons. The van der Waals surface area contributed by atoms with Crippen molar-refractivity contribution in [1.29, 1.82) is 0 Å². The van der Waals surface area contributed by atoms with Crippen molar-refractivity contribution in [3.63, 3.8) is 0 Å². The molecular weight excluding hydrogens is 220 g/mol. The lowest BCUT2D eigenvalue weighted by molar-refractivity contribution is -0.131. The average Bonchev–Trinajstić information content (AvgIpc) is 2.35. The summed E-state index contributed by atoms with van der Waals surface area (Å²) in [4.78, 5) is 24.4. The predicted molar refractivity (Wildman–Crippen MR) is 64.6 cm³/mol. The van der Waals surface area contributed by atoms with Gasteiger partial charge in [-0.15, -0.1) is 0 Å². The van der Waals surface area contributed by atoms with Crippen molar-refractivity contribution in [2.24, 2.45) is 5.92 Å². The van der Waals surface area contributed by atoms with Crippen LogP contribution in [0.3, 0.4) is 0 Å². The fraction of sp³-hybridized carbons (Fsp3) is 0.833. The van der Waals surface area contributed by atoms with Crippen LogP contribution in [-0.4, -0.2) is 43.6 Å². The van der Waals surface area contributed by atoms with Gasteiger partial charge in [-0.25, -0.2) is 4.79 Å². The van der Waals surface area contributed by atoms with Gasteiger partial charge in [0, 0.05) is 13.1 Å². The molecule has 0 bridgehead atoms. The lowest BCUT2D eigenvalue weighted by Crippen LogP contribution is -2.44. The predicted octanol–water partition coefficient (Wildman–Crippen LogP) is 1.38. The summed E-state index contributed by atoms with van der Waals surface area (Å²) < 4.78 is 4.42. The van der Waals surface area contributed by atoms with Gasteiger partial charge in [0.25, 0.3) is 0 Å². The highest BCUT2D eigenvalue weighted by Crippen LogP contribution is 2.26. The number of ether oxygens (including phenoxy) is 1. The van der Waals surface area contributed by atoms with Crippen LogP contribution < -0.4 is 5.32 Å². The van der Waals surface area contributed by atoms with Crippen molar-refractivity contribution < 1.29 is 14.3 Å². The highest BCUT2D eigenvalue weighted by Gasteiger charge is 2.24. The van der Waals surface area contributed by atoms with Gasteiger partial charge >= 0.3 is 6.09 Å². The van der Waals surface area contributed by atoms with Crippen molar-refractivity contribution in [2.45, 2.75) is 38.6 Å². The van der Waals surface area contributed by atoms with E-state index in [0.717, 1.165) is 18.8 Å². The van der Waals surface area contributed by atoms with Crippen LogP contribution in [0.2, 0.25) is 0 Å². The third kappa shape index (κ3) is 4.24. The molecule has 1 fully saturated rings. The number of rotatable bonds is 3. The van der Waals surface area contributed by atoms with Crippen molar-refractivity contribution in [3.05, 3.63) is 0 Å². The normalized spacial score (nSPS) is 23.9. The van der Waals surface area contributed by atoms with Crippen LogP contribution in [0.15, 0.2) is 0 Å². The topological polar surface area (TPSA) is 58.6 Å². The maximum Gasteiger partial charge on any atom is 0.407 e. The second-order valence-electron chi connectivity index (χ2n) is 4.76. The Bertz CT molecular complexity index is 273. The molecule has 0 heterocycles. The van der Waals surface area contributed by atoms with Crippen LogP contribution in [0, 0.1) is 5.92 Å². The first-order valence-corrected chi connectivity index (χ1v) is 6.12. The van der Waals surface area contributed by atoms with Gasteiger partial charge in [0.2, 0.25) is 5.91 Å². The molecule has 0 aliphatic heterocycles. The molecule has 0 unspecified atom stereocenters. The number of likely N-dealkylation sites (N-methyl/N-ethyl adjacent to an activating group) is 1. The van der Waals surface area contributed by atoms with E-state index in [4.69, 9.17) is 0 Å². The number of hydrogen-bond donors (Lipinski definition) is 1. The van der Waals surface area contributed by atoms with Crippen molar-refractivity contribution in [2.75, 3.05) is 20.7 Å². The fourth-order valence-electron chi connectivity index (χ4n) is 2.18. The smallest absolute Gasteiger partial charge is 0.407 e. The summed E-state index contributed by atoms with van der Waals surface area (Å²) in [7, 11) is 3.09. The van der Waals surface area contributed by atoms with E-state index in [1.807, 2.05) is 7.05 Å². The summed E-state index contributed by atoms with van der Waals surface area (Å²) in [6.45, 7) is 2.26. The Morgan fingerprint density at radius 2 is 1.88 bits per heavy atom. The van der Waals surface area contributed by atoms with E-state index < -0.39 is 6.09 Å². The molecule has 0 aromatic carbocycles. The third-order valence-corrected chi connectivity index (χ3v) is 3.50. The maximum atomic E-state index is 11.8. The largest absolute Gasteiger partial charge is 0.453 e. The number of nitrogens with zero attached hydrogens (tertiary/aromatic N) is 1. The Morgan fingerprint density at radius 1 is 1.29 bits per heavy atom. The van der Waals surface area contributed by atoms with E-state index in [9.17, 15) is 9.59 Å². The zero-order valence-corrected chi connectivity index (χ0v) is 10.9. The van der Waals surface area contributed by atoms with Gasteiger partial charge in [0.1, 0.15) is 6.54 Å². The van der Waals surface area contributed by atoms with Gasteiger partial charge in [-0.3, -0.25) is 4.79 Å². The van der Waals surface area contributed by atoms with Gasteiger partial charge in [-0.05, 0) is 31.6 Å². The lowest BCUT2D eigenvalue weighted by atomic mass is 9.87. The highest BCUT2D eigenvalue weighted by atomic mass is 16.5. The minimum absolute atomic E-state index is 0.00915. The highest BCUT2D eigenvalue weighted by molar-refractivity contribution is 5.82. The molecule has 0 aromatic rings. The maximum absolute atomic E-state index is 11.8. The Kier molecular flexibility index (Phi) is 5.25. The summed E-state index contributed by atoms with van der Waals surface area (Å²) >= 11 is 0. The molecule has 0 aromatic heterocycles. The van der Waals surface area contributed by atoms with E-state index in [-0.39, 0.29) is 12.5 Å². The van der Waals surface area contributed by atoms with E-state index in [1.54, 1.807) is 4.90 Å². The molecule has 17 heavy (non-hydrogen) atoms. The quantitative estimate of drug-likeness (QED) is 0.813. The van der Waals surface area contributed by atoms with Gasteiger partial charge in [-0.2, -0.15) is 0 Å². The molecule has 0 atom stereocenters. The molecule has 5 nitrogen and oxygen atoms in total. The molecule has 1 N–H and O–H groups in total. The van der Waals surface area contributed by atoms with Crippen molar-refractivity contribution >= 4 is 12.0 Å². The minimum Gasteiger partial charge on any atom is -0.453 e. The summed E-state index contributed by atoms with van der Waals surface area (Å²) in [6, 6.07) is 0.318. The van der Waals surface area contributed by atoms with Crippen LogP contribution in [0.4, 0.5) is 4.79 Å². The number of carbonyl (C=O) groups excluding carboxylic acids is 2. The van der Waals surface area contributed by atoms with Crippen LogP contribution in [0.5, 0.6) is 0 Å². The number of alkyl carbamates (subject to hydrolysis) is 1. The zero-order valence-electron chi connectivity index (χ0n) is 10.9. The molecule has 0 saturated heterocycles. The summed E-state index contributed by atoms with van der Waals surface area (Å²) in [5.41, 5.74) is 0. The Labute approximate surface area is 102 Å². The van der Waals surface area contributed by atoms with E-state index in [1.165, 1.54) is 20.0 Å². The number of nitrogens with one attached hydrogen (secondary N) is 1. The van der Waals surface area contributed by atoms with Gasteiger partial charge < -0.3 is 15.0 Å². The van der Waals surface area contributed by atoms with E-state index >= 15 is 0 Å². The van der Waals surface area contributed by atoms with Gasteiger partial charge in [-0.1, -0.05) is 6.92 Å². The molecule has 0 radical (unpaired) electrons. The zero-order chi connectivity index (χ0) is 12.8. The number of carbonyl (C=O) groups is 2. The Morgan fingerprint density at radius 3 is 2.41 bits per heavy atom. The van der Waals surface area contributed by atoms with Crippen LogP contribution in [0.25, 0.3) is 0 Å². The molecule has 1 aliphatic carbocycles. The van der Waals surface area contributed by atoms with Gasteiger partial charge in [0.15, 0.2) is 0 Å². The molecular formula is C12H22N2O3. The SMILES string of the molecule is COC(=O)NCC(=O)N(C)C1CCC(C)CC1. The Hall–Kier alpha value is -1.26. The van der Waals surface area contributed by atoms with Crippen molar-refractivity contribution in [1.82, 2.24) is 10.2 Å². The lowest BCUT2D eigenvalue weighted by Gasteiger charge is -2.33. The first-order chi connectivity index (χ1) is 8.04. The average molecular weight is 242 g/mol. The first-order valence-electron chi connectivity index (χ1n) is 6.12. The molecule has 2 amide bonds. The Balaban J connectivity index is 2.33. The minimum atomic E-state index is -0.566. The number of methoxy groups -OCH3 is 1. The van der Waals surface area contributed by atoms with Crippen LogP contribution in [-0.2, 0) is 9.53 Å². The molecule has 5 heteroatoms. The second-order valence-corrected chi connectivity index (χ2v) is 4.76. The first kappa shape index (κ1) is 13.8. The van der Waals surface area contributed by atoms with E-state index in [2.05, 4.69) is 17.0 Å². The number of hydrogen-bond acceptors (Lipinski definition) is 3. The van der Waals surface area contributed by atoms with E-state index in [0.29, 0.717) is 6.04 Å². The van der Waals surface area contributed by atoms with Crippen LogP contribution >= 0.6 is 0 Å². The molecule has 0 spiro atoms. The summed E-state index contributed by atoms with van der Waals surface area (Å²) in [6.07, 6.45) is 3.90. The van der Waals surface area contributed by atoms with Gasteiger partial charge in [0.05, 0.1) is 7.11 Å². The summed E-state index contributed by atoms with van der Waals surface area (Å²) in [5.74, 6) is 0.706.